The van der Waals surface area contributed by atoms with Crippen molar-refractivity contribution in [2.24, 2.45) is 0 Å². The zero-order chi connectivity index (χ0) is 4.83. The van der Waals surface area contributed by atoms with Gasteiger partial charge in [0.05, 0.1) is 0 Å². The third-order valence-electron chi connectivity index (χ3n) is 0.655. The summed E-state index contributed by atoms with van der Waals surface area (Å²) in [4.78, 5) is 0. The zero-order valence-corrected chi connectivity index (χ0v) is 4.12. The molecule has 1 radical (unpaired) electrons. The van der Waals surface area contributed by atoms with Crippen LogP contribution in [0.5, 0.6) is 0 Å². The summed E-state index contributed by atoms with van der Waals surface area (Å²) >= 11 is 0. The van der Waals surface area contributed by atoms with Gasteiger partial charge in [0.2, 0.25) is 0 Å². The fourth-order valence-electron chi connectivity index (χ4n) is 0.265. The molecule has 0 aliphatic heterocycles. The van der Waals surface area contributed by atoms with Gasteiger partial charge in [0, 0.05) is 6.54 Å². The van der Waals surface area contributed by atoms with E-state index in [4.69, 9.17) is 5.84 Å². The standard InChI is InChI=1S/C4H11N2/c1-2-3-4-6-5/h5-6H,2-4H2,1H3. The predicted octanol–water partition coefficient (Wildman–Crippen LogP) is 0.574. The topological polar surface area (TPSA) is 35.8 Å². The molecule has 0 aliphatic rings. The molecule has 0 bridgehead atoms. The summed E-state index contributed by atoms with van der Waals surface area (Å²) in [5.74, 6) is 6.46. The molecule has 0 heterocycles. The smallest absolute Gasteiger partial charge is 0.0113 e. The molecule has 0 atom stereocenters. The number of unbranched alkanes of at least 4 members (excludes halogenated alkanes) is 1. The third kappa shape index (κ3) is 3.92. The fourth-order valence-corrected chi connectivity index (χ4v) is 0.265. The second kappa shape index (κ2) is 4.92. The highest BCUT2D eigenvalue weighted by atomic mass is 15.2. The monoisotopic (exact) mass is 87.1 g/mol. The van der Waals surface area contributed by atoms with E-state index in [2.05, 4.69) is 12.3 Å². The summed E-state index contributed by atoms with van der Waals surface area (Å²) in [5.41, 5.74) is 2.32. The number of hydrogen-bond acceptors (Lipinski definition) is 1. The highest BCUT2D eigenvalue weighted by Crippen LogP contribution is 1.79. The van der Waals surface area contributed by atoms with Crippen LogP contribution in [0.1, 0.15) is 19.8 Å². The Labute approximate surface area is 38.7 Å². The maximum absolute atomic E-state index is 6.46. The van der Waals surface area contributed by atoms with Gasteiger partial charge in [-0.25, -0.2) is 5.43 Å². The van der Waals surface area contributed by atoms with E-state index in [0.29, 0.717) is 0 Å². The van der Waals surface area contributed by atoms with E-state index in [0.717, 1.165) is 13.0 Å². The van der Waals surface area contributed by atoms with E-state index in [1.54, 1.807) is 0 Å². The molecule has 2 nitrogen and oxygen atoms in total. The van der Waals surface area contributed by atoms with Crippen molar-refractivity contribution in [1.29, 1.82) is 0 Å². The van der Waals surface area contributed by atoms with Gasteiger partial charge in [-0.1, -0.05) is 13.3 Å². The van der Waals surface area contributed by atoms with Crippen LogP contribution in [0.25, 0.3) is 0 Å². The molecule has 0 aromatic rings. The Bertz CT molecular complexity index is 17.5. The minimum atomic E-state index is 0.830. The van der Waals surface area contributed by atoms with E-state index in [1.807, 2.05) is 0 Å². The fraction of sp³-hybridized carbons (Fsp3) is 1.00. The summed E-state index contributed by atoms with van der Waals surface area (Å²) in [5, 5.41) is 0. The van der Waals surface area contributed by atoms with E-state index in [9.17, 15) is 0 Å². The predicted molar refractivity (Wildman–Crippen MR) is 26.0 cm³/mol. The molecule has 2 N–H and O–H groups in total. The molecule has 0 saturated heterocycles. The Morgan fingerprint density at radius 3 is 2.50 bits per heavy atom. The van der Waals surface area contributed by atoms with Crippen LogP contribution in [0.4, 0.5) is 0 Å². The summed E-state index contributed by atoms with van der Waals surface area (Å²) in [6.45, 7) is 2.94. The first kappa shape index (κ1) is 5.92. The van der Waals surface area contributed by atoms with Gasteiger partial charge < -0.3 is 0 Å². The van der Waals surface area contributed by atoms with Crippen LogP contribution in [-0.4, -0.2) is 6.54 Å². The van der Waals surface area contributed by atoms with Crippen LogP contribution in [0.3, 0.4) is 0 Å². The van der Waals surface area contributed by atoms with E-state index in [-0.39, 0.29) is 0 Å². The maximum atomic E-state index is 6.46. The van der Waals surface area contributed by atoms with Gasteiger partial charge in [0.15, 0.2) is 0 Å². The van der Waals surface area contributed by atoms with Gasteiger partial charge >= 0.3 is 0 Å². The molecule has 0 amide bonds. The molecule has 0 spiro atoms. The second-order valence-electron chi connectivity index (χ2n) is 1.28. The van der Waals surface area contributed by atoms with Crippen molar-refractivity contribution in [2.75, 3.05) is 6.54 Å². The van der Waals surface area contributed by atoms with Crippen LogP contribution in [0.2, 0.25) is 0 Å². The lowest BCUT2D eigenvalue weighted by Crippen LogP contribution is -2.10. The average Bonchev–Trinajstić information content (AvgIpc) is 1.61. The molecule has 0 saturated carbocycles. The summed E-state index contributed by atoms with van der Waals surface area (Å²) in [6, 6.07) is 0. The SMILES string of the molecule is CCCCN[NH]. The normalized spacial score (nSPS) is 9.00. The van der Waals surface area contributed by atoms with Gasteiger partial charge in [0.1, 0.15) is 0 Å². The van der Waals surface area contributed by atoms with Crippen LogP contribution in [-0.2, 0) is 0 Å². The van der Waals surface area contributed by atoms with Crippen LogP contribution in [0, 0.1) is 0 Å². The van der Waals surface area contributed by atoms with Crippen molar-refractivity contribution in [1.82, 2.24) is 11.3 Å². The number of nitrogens with one attached hydrogen (secondary N) is 2. The Hall–Kier alpha value is -0.0800. The molecule has 0 fully saturated rings. The average molecular weight is 87.1 g/mol. The number of rotatable bonds is 3. The largest absolute Gasteiger partial charge is 0.243 e. The lowest BCUT2D eigenvalue weighted by atomic mass is 10.3. The van der Waals surface area contributed by atoms with Crippen molar-refractivity contribution >= 4 is 0 Å². The molecule has 2 heteroatoms. The van der Waals surface area contributed by atoms with Crippen LogP contribution in [0.15, 0.2) is 0 Å². The van der Waals surface area contributed by atoms with Crippen molar-refractivity contribution < 1.29 is 0 Å². The van der Waals surface area contributed by atoms with E-state index < -0.39 is 0 Å². The first-order valence-corrected chi connectivity index (χ1v) is 2.31. The Morgan fingerprint density at radius 2 is 2.33 bits per heavy atom. The van der Waals surface area contributed by atoms with Crippen molar-refractivity contribution in [2.45, 2.75) is 19.8 Å². The summed E-state index contributed by atoms with van der Waals surface area (Å²) < 4.78 is 0. The zero-order valence-electron chi connectivity index (χ0n) is 4.12. The first-order valence-electron chi connectivity index (χ1n) is 2.31. The van der Waals surface area contributed by atoms with Crippen molar-refractivity contribution in [3.8, 4) is 0 Å². The Kier molecular flexibility index (Phi) is 4.85. The van der Waals surface area contributed by atoms with Crippen molar-refractivity contribution in [3.63, 3.8) is 0 Å². The van der Waals surface area contributed by atoms with Crippen molar-refractivity contribution in [3.05, 3.63) is 0 Å². The van der Waals surface area contributed by atoms with Gasteiger partial charge in [-0.3, -0.25) is 0 Å². The molecule has 0 aliphatic carbocycles. The van der Waals surface area contributed by atoms with Gasteiger partial charge in [0.25, 0.3) is 0 Å². The molecule has 6 heavy (non-hydrogen) atoms. The minimum absolute atomic E-state index is 0.830. The Balaban J connectivity index is 2.34. The lowest BCUT2D eigenvalue weighted by molar-refractivity contribution is 0.653. The van der Waals surface area contributed by atoms with E-state index in [1.165, 1.54) is 6.42 Å². The highest BCUT2D eigenvalue weighted by molar-refractivity contribution is 4.32. The first-order chi connectivity index (χ1) is 2.91. The molecule has 0 aromatic carbocycles. The second-order valence-corrected chi connectivity index (χ2v) is 1.28. The van der Waals surface area contributed by atoms with Crippen LogP contribution >= 0.6 is 0 Å². The molecule has 0 unspecified atom stereocenters. The Morgan fingerprint density at radius 1 is 1.67 bits per heavy atom. The maximum Gasteiger partial charge on any atom is 0.0113 e. The molecular weight excluding hydrogens is 76.1 g/mol. The quantitative estimate of drug-likeness (QED) is 0.396. The summed E-state index contributed by atoms with van der Waals surface area (Å²) in [7, 11) is 0. The van der Waals surface area contributed by atoms with Gasteiger partial charge in [-0.2, -0.15) is 5.84 Å². The van der Waals surface area contributed by atoms with Crippen LogP contribution < -0.4 is 11.3 Å². The van der Waals surface area contributed by atoms with Gasteiger partial charge in [-0.15, -0.1) is 0 Å². The molecule has 0 rings (SSSR count). The summed E-state index contributed by atoms with van der Waals surface area (Å²) in [6.07, 6.45) is 2.29. The van der Waals surface area contributed by atoms with Gasteiger partial charge in [-0.05, 0) is 6.42 Å². The highest BCUT2D eigenvalue weighted by Gasteiger charge is 1.74. The molecule has 0 aromatic heterocycles. The van der Waals surface area contributed by atoms with E-state index >= 15 is 0 Å². The lowest BCUT2D eigenvalue weighted by Gasteiger charge is -1.88. The third-order valence-corrected chi connectivity index (χ3v) is 0.655. The molecular formula is C4H11N2. The number of hydrogen-bond donors (Lipinski definition) is 1. The molecule has 37 valence electrons. The minimum Gasteiger partial charge on any atom is -0.243 e.